The molecule has 134 valence electrons. The molecule has 0 aliphatic carbocycles. The molecule has 7 heteroatoms. The molecule has 0 radical (unpaired) electrons. The number of ketones is 2. The van der Waals surface area contributed by atoms with Crippen molar-refractivity contribution in [3.05, 3.63) is 0 Å². The monoisotopic (exact) mass is 394 g/mol. The molecule has 0 saturated carbocycles. The van der Waals surface area contributed by atoms with Crippen molar-refractivity contribution in [3.63, 3.8) is 0 Å². The van der Waals surface area contributed by atoms with Gasteiger partial charge in [-0.1, -0.05) is 49.5 Å². The largest absolute Gasteiger partial charge is 0.460 e. The topological polar surface area (TPSA) is 86.7 Å². The Balaban J connectivity index is 0. The van der Waals surface area contributed by atoms with Crippen LogP contribution in [0.4, 0.5) is 0 Å². The first kappa shape index (κ1) is 24.0. The highest BCUT2D eigenvalue weighted by atomic mass is 79.9. The minimum atomic E-state index is -0.743. The van der Waals surface area contributed by atoms with E-state index in [1.807, 2.05) is 13.8 Å². The van der Waals surface area contributed by atoms with Crippen LogP contribution in [0.15, 0.2) is 0 Å². The number of alkyl halides is 1. The van der Waals surface area contributed by atoms with E-state index in [2.05, 4.69) is 25.4 Å². The number of halogens is 1. The van der Waals surface area contributed by atoms with Crippen LogP contribution in [0, 0.1) is 0 Å². The van der Waals surface area contributed by atoms with Crippen molar-refractivity contribution in [1.82, 2.24) is 0 Å². The zero-order valence-electron chi connectivity index (χ0n) is 14.4. The second-order valence-electron chi connectivity index (χ2n) is 4.74. The van der Waals surface area contributed by atoms with Gasteiger partial charge in [0.15, 0.2) is 0 Å². The molecule has 1 atom stereocenters. The highest BCUT2D eigenvalue weighted by Crippen LogP contribution is 2.01. The fourth-order valence-electron chi connectivity index (χ4n) is 1.08. The van der Waals surface area contributed by atoms with Gasteiger partial charge < -0.3 is 9.47 Å². The molecule has 0 fully saturated rings. The van der Waals surface area contributed by atoms with Gasteiger partial charge in [0, 0.05) is 6.42 Å². The molecule has 0 heterocycles. The Bertz CT molecular complexity index is 379. The molecular formula is C16H27BrO6. The Labute approximate surface area is 146 Å². The minimum absolute atomic E-state index is 0.227. The van der Waals surface area contributed by atoms with Crippen LogP contribution in [0.2, 0.25) is 0 Å². The van der Waals surface area contributed by atoms with E-state index in [-0.39, 0.29) is 6.42 Å². The molecule has 0 amide bonds. The van der Waals surface area contributed by atoms with Crippen LogP contribution in [0.3, 0.4) is 0 Å². The predicted octanol–water partition coefficient (Wildman–Crippen LogP) is 2.99. The number of rotatable bonds is 10. The number of unbranched alkanes of at least 4 members (excludes halogenated alkanes) is 2. The number of Topliss-reactive ketones (excluding diaryl/α,β-unsaturated/α-hetero) is 2. The lowest BCUT2D eigenvalue weighted by atomic mass is 10.3. The molecule has 0 aromatic heterocycles. The van der Waals surface area contributed by atoms with E-state index in [0.717, 1.165) is 25.7 Å². The first-order chi connectivity index (χ1) is 10.8. The molecular weight excluding hydrogens is 368 g/mol. The number of hydrogen-bond donors (Lipinski definition) is 0. The average Bonchev–Trinajstić information content (AvgIpc) is 2.53. The SMILES string of the molecule is CCCCOC(=O)C(=O)C(C)Br.CCCCOC(=O)C(=O)CC. The van der Waals surface area contributed by atoms with Crippen LogP contribution >= 0.6 is 15.9 Å². The van der Waals surface area contributed by atoms with E-state index >= 15 is 0 Å². The molecule has 0 saturated heterocycles. The van der Waals surface area contributed by atoms with Gasteiger partial charge in [0.2, 0.25) is 5.78 Å². The summed E-state index contributed by atoms with van der Waals surface area (Å²) < 4.78 is 9.33. The second kappa shape index (κ2) is 15.6. The van der Waals surface area contributed by atoms with Crippen molar-refractivity contribution in [2.45, 2.75) is 64.6 Å². The molecule has 1 unspecified atom stereocenters. The van der Waals surface area contributed by atoms with E-state index in [0.29, 0.717) is 13.2 Å². The standard InChI is InChI=1S/C8H13BrO3.C8H14O3/c1-3-4-5-12-8(11)7(10)6(2)9;1-3-5-6-11-8(10)7(9)4-2/h6H,3-5H2,1-2H3;3-6H2,1-2H3. The second-order valence-corrected chi connectivity index (χ2v) is 6.11. The highest BCUT2D eigenvalue weighted by molar-refractivity contribution is 9.10. The lowest BCUT2D eigenvalue weighted by Gasteiger charge is -2.03. The van der Waals surface area contributed by atoms with Gasteiger partial charge >= 0.3 is 11.9 Å². The third-order valence-electron chi connectivity index (χ3n) is 2.57. The fraction of sp³-hybridized carbons (Fsp3) is 0.750. The molecule has 23 heavy (non-hydrogen) atoms. The van der Waals surface area contributed by atoms with Crippen molar-refractivity contribution < 1.29 is 28.7 Å². The molecule has 6 nitrogen and oxygen atoms in total. The quantitative estimate of drug-likeness (QED) is 0.245. The molecule has 0 spiro atoms. The maximum atomic E-state index is 10.9. The van der Waals surface area contributed by atoms with Crippen molar-refractivity contribution >= 4 is 39.4 Å². The van der Waals surface area contributed by atoms with Gasteiger partial charge in [0.1, 0.15) is 0 Å². The van der Waals surface area contributed by atoms with E-state index in [9.17, 15) is 19.2 Å². The van der Waals surface area contributed by atoms with Gasteiger partial charge in [0.05, 0.1) is 18.0 Å². The van der Waals surface area contributed by atoms with Crippen LogP contribution < -0.4 is 0 Å². The fourth-order valence-corrected chi connectivity index (χ4v) is 1.26. The maximum Gasteiger partial charge on any atom is 0.375 e. The first-order valence-corrected chi connectivity index (χ1v) is 8.78. The summed E-state index contributed by atoms with van der Waals surface area (Å²) in [6.45, 7) is 7.92. The summed E-state index contributed by atoms with van der Waals surface area (Å²) in [6, 6.07) is 0. The summed E-state index contributed by atoms with van der Waals surface area (Å²) in [6.07, 6.45) is 3.77. The van der Waals surface area contributed by atoms with E-state index in [4.69, 9.17) is 0 Å². The summed E-state index contributed by atoms with van der Waals surface area (Å²) in [5.74, 6) is -2.40. The Morgan fingerprint density at radius 3 is 1.65 bits per heavy atom. The van der Waals surface area contributed by atoms with Crippen LogP contribution in [0.5, 0.6) is 0 Å². The molecule has 0 aromatic carbocycles. The Morgan fingerprint density at radius 2 is 1.30 bits per heavy atom. The summed E-state index contributed by atoms with van der Waals surface area (Å²) in [7, 11) is 0. The third-order valence-corrected chi connectivity index (χ3v) is 2.99. The Kier molecular flexibility index (Phi) is 16.3. The number of carbonyl (C=O) groups excluding carboxylic acids is 4. The van der Waals surface area contributed by atoms with Crippen molar-refractivity contribution in [1.29, 1.82) is 0 Å². The van der Waals surface area contributed by atoms with E-state index in [1.165, 1.54) is 0 Å². The third kappa shape index (κ3) is 14.1. The van der Waals surface area contributed by atoms with Gasteiger partial charge in [-0.05, 0) is 19.8 Å². The Morgan fingerprint density at radius 1 is 0.870 bits per heavy atom. The van der Waals surface area contributed by atoms with Gasteiger partial charge in [-0.25, -0.2) is 9.59 Å². The van der Waals surface area contributed by atoms with Gasteiger partial charge in [0.25, 0.3) is 5.78 Å². The minimum Gasteiger partial charge on any atom is -0.460 e. The molecule has 0 aliphatic heterocycles. The van der Waals surface area contributed by atoms with Crippen LogP contribution in [0.25, 0.3) is 0 Å². The number of ether oxygens (including phenoxy) is 2. The number of carbonyl (C=O) groups is 4. The van der Waals surface area contributed by atoms with Gasteiger partial charge in [-0.2, -0.15) is 0 Å². The van der Waals surface area contributed by atoms with Crippen molar-refractivity contribution in [3.8, 4) is 0 Å². The summed E-state index contributed by atoms with van der Waals surface area (Å²) >= 11 is 3.00. The van der Waals surface area contributed by atoms with E-state index < -0.39 is 28.3 Å². The smallest absolute Gasteiger partial charge is 0.375 e. The maximum absolute atomic E-state index is 10.9. The summed E-state index contributed by atoms with van der Waals surface area (Å²) in [5.41, 5.74) is 0. The number of hydrogen-bond acceptors (Lipinski definition) is 6. The van der Waals surface area contributed by atoms with Crippen molar-refractivity contribution in [2.75, 3.05) is 13.2 Å². The average molecular weight is 395 g/mol. The number of esters is 2. The van der Waals surface area contributed by atoms with Gasteiger partial charge in [-0.3, -0.25) is 9.59 Å². The summed E-state index contributed by atoms with van der Waals surface area (Å²) in [4.78, 5) is 42.6. The molecule has 0 aliphatic rings. The lowest BCUT2D eigenvalue weighted by molar-refractivity contribution is -0.153. The molecule has 0 aromatic rings. The lowest BCUT2D eigenvalue weighted by Crippen LogP contribution is -2.24. The van der Waals surface area contributed by atoms with E-state index in [1.54, 1.807) is 13.8 Å². The van der Waals surface area contributed by atoms with Crippen LogP contribution in [-0.2, 0) is 28.7 Å². The van der Waals surface area contributed by atoms with Crippen LogP contribution in [-0.4, -0.2) is 41.5 Å². The highest BCUT2D eigenvalue weighted by Gasteiger charge is 2.19. The van der Waals surface area contributed by atoms with Crippen LogP contribution in [0.1, 0.15) is 59.8 Å². The Hall–Kier alpha value is -1.24. The normalized spacial score (nSPS) is 10.8. The molecule has 0 N–H and O–H groups in total. The zero-order valence-corrected chi connectivity index (χ0v) is 15.9. The molecule has 0 rings (SSSR count). The predicted molar refractivity (Wildman–Crippen MR) is 90.4 cm³/mol. The zero-order chi connectivity index (χ0) is 18.3. The van der Waals surface area contributed by atoms with Gasteiger partial charge in [-0.15, -0.1) is 0 Å². The molecule has 0 bridgehead atoms. The first-order valence-electron chi connectivity index (χ1n) is 7.86. The summed E-state index contributed by atoms with van der Waals surface area (Å²) in [5, 5.41) is 0. The van der Waals surface area contributed by atoms with Crippen molar-refractivity contribution in [2.24, 2.45) is 0 Å².